The Morgan fingerprint density at radius 3 is 2.56 bits per heavy atom. The minimum atomic E-state index is -0.270. The lowest BCUT2D eigenvalue weighted by molar-refractivity contribution is -0.133. The lowest BCUT2D eigenvalue weighted by atomic mass is 9.93. The normalized spacial score (nSPS) is 20.2. The number of amides is 1. The SMILES string of the molecule is CC(=O)c1ccc(NC[C@@H]2CC(=O)N(C(C)(C)C)[C@H]2c2cnn(C)c2)nc1. The van der Waals surface area contributed by atoms with E-state index in [4.69, 9.17) is 0 Å². The quantitative estimate of drug-likeness (QED) is 0.820. The second-order valence-corrected chi connectivity index (χ2v) is 8.16. The summed E-state index contributed by atoms with van der Waals surface area (Å²) >= 11 is 0. The summed E-state index contributed by atoms with van der Waals surface area (Å²) in [4.78, 5) is 30.4. The first-order valence-corrected chi connectivity index (χ1v) is 9.18. The molecular formula is C20H27N5O2. The molecule has 0 saturated carbocycles. The molecule has 7 heteroatoms. The largest absolute Gasteiger partial charge is 0.370 e. The number of hydrogen-bond acceptors (Lipinski definition) is 5. The maximum atomic E-state index is 12.8. The molecule has 0 radical (unpaired) electrons. The Bertz CT molecular complexity index is 835. The van der Waals surface area contributed by atoms with E-state index in [1.54, 1.807) is 23.0 Å². The summed E-state index contributed by atoms with van der Waals surface area (Å²) in [6.45, 7) is 8.32. The van der Waals surface area contributed by atoms with Crippen LogP contribution in [0, 0.1) is 5.92 Å². The van der Waals surface area contributed by atoms with Gasteiger partial charge in [0.15, 0.2) is 5.78 Å². The van der Waals surface area contributed by atoms with E-state index in [0.29, 0.717) is 24.3 Å². The van der Waals surface area contributed by atoms with Crippen LogP contribution in [0.3, 0.4) is 0 Å². The fourth-order valence-electron chi connectivity index (χ4n) is 3.73. The number of nitrogens with one attached hydrogen (secondary N) is 1. The van der Waals surface area contributed by atoms with Crippen molar-refractivity contribution in [1.82, 2.24) is 19.7 Å². The highest BCUT2D eigenvalue weighted by atomic mass is 16.2. The van der Waals surface area contributed by atoms with Crippen LogP contribution >= 0.6 is 0 Å². The highest BCUT2D eigenvalue weighted by molar-refractivity contribution is 5.93. The first kappa shape index (κ1) is 19.1. The molecule has 0 aromatic carbocycles. The van der Waals surface area contributed by atoms with Crippen molar-refractivity contribution in [3.8, 4) is 0 Å². The van der Waals surface area contributed by atoms with Crippen LogP contribution < -0.4 is 5.32 Å². The van der Waals surface area contributed by atoms with Gasteiger partial charge in [-0.25, -0.2) is 4.98 Å². The molecule has 7 nitrogen and oxygen atoms in total. The number of ketones is 1. The maximum Gasteiger partial charge on any atom is 0.223 e. The molecule has 1 aliphatic rings. The highest BCUT2D eigenvalue weighted by Gasteiger charge is 2.45. The van der Waals surface area contributed by atoms with Crippen LogP contribution in [-0.4, -0.2) is 43.4 Å². The minimum Gasteiger partial charge on any atom is -0.370 e. The van der Waals surface area contributed by atoms with Crippen molar-refractivity contribution in [2.45, 2.75) is 45.7 Å². The number of hydrogen-bond donors (Lipinski definition) is 1. The summed E-state index contributed by atoms with van der Waals surface area (Å²) in [7, 11) is 1.88. The molecule has 0 bridgehead atoms. The van der Waals surface area contributed by atoms with E-state index in [1.807, 2.05) is 24.3 Å². The Kier molecular flexibility index (Phi) is 5.04. The fourth-order valence-corrected chi connectivity index (χ4v) is 3.73. The lowest BCUT2D eigenvalue weighted by Gasteiger charge is -2.38. The van der Waals surface area contributed by atoms with Crippen LogP contribution in [0.5, 0.6) is 0 Å². The van der Waals surface area contributed by atoms with Gasteiger partial charge in [-0.1, -0.05) is 0 Å². The zero-order valence-electron chi connectivity index (χ0n) is 16.6. The molecule has 0 unspecified atom stereocenters. The topological polar surface area (TPSA) is 80.1 Å². The molecule has 1 N–H and O–H groups in total. The number of Topliss-reactive ketones (excluding diaryl/α,β-unsaturated/α-hetero) is 1. The van der Waals surface area contributed by atoms with E-state index in [0.717, 1.165) is 5.56 Å². The number of carbonyl (C=O) groups excluding carboxylic acids is 2. The number of carbonyl (C=O) groups is 2. The standard InChI is InChI=1S/C20H27N5O2/c1-13(26)14-6-7-17(21-9-14)22-10-15-8-18(27)25(20(2,3)4)19(15)16-11-23-24(5)12-16/h6-7,9,11-12,15,19H,8,10H2,1-5H3,(H,21,22)/t15-,19+/m0/s1. The molecular weight excluding hydrogens is 342 g/mol. The molecule has 1 saturated heterocycles. The predicted molar refractivity (Wildman–Crippen MR) is 103 cm³/mol. The molecule has 0 aliphatic carbocycles. The summed E-state index contributed by atoms with van der Waals surface area (Å²) in [5.41, 5.74) is 1.36. The van der Waals surface area contributed by atoms with E-state index >= 15 is 0 Å². The Labute approximate surface area is 159 Å². The summed E-state index contributed by atoms with van der Waals surface area (Å²) < 4.78 is 1.77. The van der Waals surface area contributed by atoms with E-state index < -0.39 is 0 Å². The monoisotopic (exact) mass is 369 g/mol. The van der Waals surface area contributed by atoms with Gasteiger partial charge in [-0.3, -0.25) is 14.3 Å². The van der Waals surface area contributed by atoms with Gasteiger partial charge in [-0.2, -0.15) is 5.10 Å². The summed E-state index contributed by atoms with van der Waals surface area (Å²) in [6, 6.07) is 3.53. The Morgan fingerprint density at radius 2 is 2.04 bits per heavy atom. The number of aryl methyl sites for hydroxylation is 1. The van der Waals surface area contributed by atoms with Gasteiger partial charge < -0.3 is 10.2 Å². The van der Waals surface area contributed by atoms with Crippen molar-refractivity contribution in [1.29, 1.82) is 0 Å². The second kappa shape index (κ2) is 7.13. The number of anilines is 1. The van der Waals surface area contributed by atoms with E-state index in [2.05, 4.69) is 36.2 Å². The van der Waals surface area contributed by atoms with Crippen LogP contribution in [0.1, 0.15) is 56.1 Å². The third-order valence-corrected chi connectivity index (χ3v) is 4.93. The Morgan fingerprint density at radius 1 is 1.30 bits per heavy atom. The van der Waals surface area contributed by atoms with Gasteiger partial charge in [0.05, 0.1) is 12.2 Å². The number of aromatic nitrogens is 3. The molecule has 1 amide bonds. The Balaban J connectivity index is 1.80. The second-order valence-electron chi connectivity index (χ2n) is 8.16. The smallest absolute Gasteiger partial charge is 0.223 e. The van der Waals surface area contributed by atoms with Crippen molar-refractivity contribution in [2.75, 3.05) is 11.9 Å². The summed E-state index contributed by atoms with van der Waals surface area (Å²) in [5.74, 6) is 0.956. The highest BCUT2D eigenvalue weighted by Crippen LogP contribution is 2.42. The Hall–Kier alpha value is -2.70. The molecule has 3 rings (SSSR count). The average Bonchev–Trinajstić information content (AvgIpc) is 3.15. The molecule has 0 spiro atoms. The van der Waals surface area contributed by atoms with E-state index in [9.17, 15) is 9.59 Å². The van der Waals surface area contributed by atoms with Gasteiger partial charge in [-0.05, 0) is 39.8 Å². The maximum absolute atomic E-state index is 12.8. The lowest BCUT2D eigenvalue weighted by Crippen LogP contribution is -2.44. The van der Waals surface area contributed by atoms with Crippen LogP contribution in [0.4, 0.5) is 5.82 Å². The van der Waals surface area contributed by atoms with Crippen molar-refractivity contribution >= 4 is 17.5 Å². The molecule has 3 heterocycles. The summed E-state index contributed by atoms with van der Waals surface area (Å²) in [6.07, 6.45) is 5.88. The number of likely N-dealkylation sites (tertiary alicyclic amines) is 1. The fraction of sp³-hybridized carbons (Fsp3) is 0.500. The first-order valence-electron chi connectivity index (χ1n) is 9.18. The van der Waals surface area contributed by atoms with Crippen LogP contribution in [0.15, 0.2) is 30.7 Å². The first-order chi connectivity index (χ1) is 12.7. The van der Waals surface area contributed by atoms with Gasteiger partial charge in [-0.15, -0.1) is 0 Å². The number of pyridine rings is 1. The van der Waals surface area contributed by atoms with Crippen molar-refractivity contribution < 1.29 is 9.59 Å². The van der Waals surface area contributed by atoms with Crippen LogP contribution in [0.25, 0.3) is 0 Å². The van der Waals surface area contributed by atoms with E-state index in [-0.39, 0.29) is 29.2 Å². The van der Waals surface area contributed by atoms with Crippen molar-refractivity contribution in [3.05, 3.63) is 41.9 Å². The number of rotatable bonds is 5. The minimum absolute atomic E-state index is 0.00657. The average molecular weight is 369 g/mol. The van der Waals surface area contributed by atoms with Gasteiger partial charge in [0.1, 0.15) is 5.82 Å². The van der Waals surface area contributed by atoms with Crippen molar-refractivity contribution in [3.63, 3.8) is 0 Å². The van der Waals surface area contributed by atoms with Gasteiger partial charge in [0.2, 0.25) is 5.91 Å². The third-order valence-electron chi connectivity index (χ3n) is 4.93. The van der Waals surface area contributed by atoms with Crippen LogP contribution in [0.2, 0.25) is 0 Å². The van der Waals surface area contributed by atoms with Gasteiger partial charge in [0.25, 0.3) is 0 Å². The number of nitrogens with zero attached hydrogens (tertiary/aromatic N) is 4. The zero-order chi connectivity index (χ0) is 19.8. The van der Waals surface area contributed by atoms with E-state index in [1.165, 1.54) is 6.92 Å². The van der Waals surface area contributed by atoms with Crippen LogP contribution in [-0.2, 0) is 11.8 Å². The molecule has 1 fully saturated rings. The zero-order valence-corrected chi connectivity index (χ0v) is 16.6. The van der Waals surface area contributed by atoms with Crippen molar-refractivity contribution in [2.24, 2.45) is 13.0 Å². The molecule has 2 atom stereocenters. The third kappa shape index (κ3) is 4.02. The van der Waals surface area contributed by atoms with Gasteiger partial charge in [0, 0.05) is 55.0 Å². The molecule has 2 aromatic rings. The molecule has 1 aliphatic heterocycles. The summed E-state index contributed by atoms with van der Waals surface area (Å²) in [5, 5.41) is 7.62. The van der Waals surface area contributed by atoms with Gasteiger partial charge >= 0.3 is 0 Å². The molecule has 27 heavy (non-hydrogen) atoms. The predicted octanol–water partition coefficient (Wildman–Crippen LogP) is 2.82. The molecule has 2 aromatic heterocycles. The molecule has 144 valence electrons.